The molecule has 0 bridgehead atoms. The van der Waals surface area contributed by atoms with Gasteiger partial charge in [0.2, 0.25) is 0 Å². The lowest BCUT2D eigenvalue weighted by Crippen LogP contribution is -2.44. The number of rotatable bonds is 10. The summed E-state index contributed by atoms with van der Waals surface area (Å²) in [6, 6.07) is 10.3. The molecule has 0 atom stereocenters. The first-order valence-corrected chi connectivity index (χ1v) is 12.0. The second kappa shape index (κ2) is 11.8. The van der Waals surface area contributed by atoms with E-state index in [1.54, 1.807) is 11.8 Å². The average Bonchev–Trinajstić information content (AvgIpc) is 2.80. The van der Waals surface area contributed by atoms with E-state index < -0.39 is 0 Å². The van der Waals surface area contributed by atoms with E-state index in [4.69, 9.17) is 9.97 Å². The van der Waals surface area contributed by atoms with Crippen LogP contribution in [0.3, 0.4) is 0 Å². The lowest BCUT2D eigenvalue weighted by molar-refractivity contribution is 0.312. The van der Waals surface area contributed by atoms with Crippen LogP contribution >= 0.6 is 11.8 Å². The smallest absolute Gasteiger partial charge is 0.196 e. The summed E-state index contributed by atoms with van der Waals surface area (Å²) in [5, 5.41) is 10.6. The Balaban J connectivity index is 1.85. The number of allylic oxidation sites excluding steroid dienone is 3. The minimum absolute atomic E-state index is 0.707. The molecule has 33 heavy (non-hydrogen) atoms. The van der Waals surface area contributed by atoms with Gasteiger partial charge in [-0.2, -0.15) is 0 Å². The van der Waals surface area contributed by atoms with Gasteiger partial charge >= 0.3 is 0 Å². The third kappa shape index (κ3) is 7.54. The average molecular weight is 466 g/mol. The Morgan fingerprint density at radius 2 is 1.79 bits per heavy atom. The van der Waals surface area contributed by atoms with Crippen molar-refractivity contribution in [3.05, 3.63) is 66.7 Å². The van der Waals surface area contributed by atoms with E-state index in [9.17, 15) is 0 Å². The molecule has 0 spiro atoms. The van der Waals surface area contributed by atoms with Gasteiger partial charge in [-0.1, -0.05) is 25.7 Å². The van der Waals surface area contributed by atoms with Gasteiger partial charge < -0.3 is 25.8 Å². The summed E-state index contributed by atoms with van der Waals surface area (Å²) in [7, 11) is 4.03. The fourth-order valence-electron chi connectivity index (χ4n) is 3.28. The number of likely N-dealkylation sites (N-methyl/N-ethyl adjacent to an activating group) is 1. The fourth-order valence-corrected chi connectivity index (χ4v) is 4.05. The minimum Gasteiger partial charge on any atom is -0.375 e. The van der Waals surface area contributed by atoms with Crippen molar-refractivity contribution in [3.63, 3.8) is 0 Å². The molecule has 1 aromatic heterocycles. The maximum Gasteiger partial charge on any atom is 0.196 e. The zero-order valence-electron chi connectivity index (χ0n) is 20.1. The van der Waals surface area contributed by atoms with Crippen LogP contribution in [0.15, 0.2) is 76.7 Å². The first-order valence-electron chi connectivity index (χ1n) is 11.2. The third-order valence-corrected chi connectivity index (χ3v) is 6.13. The van der Waals surface area contributed by atoms with Crippen LogP contribution in [0.4, 0.5) is 17.3 Å². The summed E-state index contributed by atoms with van der Waals surface area (Å²) in [5.41, 5.74) is 2.98. The van der Waals surface area contributed by atoms with Gasteiger partial charge in [-0.3, -0.25) is 0 Å². The molecule has 0 amide bonds. The Labute approximate surface area is 202 Å². The molecule has 1 aliphatic heterocycles. The van der Waals surface area contributed by atoms with Gasteiger partial charge in [0, 0.05) is 55.6 Å². The van der Waals surface area contributed by atoms with Crippen molar-refractivity contribution >= 4 is 29.1 Å². The summed E-state index contributed by atoms with van der Waals surface area (Å²) < 4.78 is 0. The molecule has 1 aromatic carbocycles. The highest BCUT2D eigenvalue weighted by atomic mass is 32.2. The Kier molecular flexibility index (Phi) is 8.79. The lowest BCUT2D eigenvalue weighted by atomic mass is 10.3. The van der Waals surface area contributed by atoms with Gasteiger partial charge in [-0.25, -0.2) is 9.97 Å². The molecule has 8 heteroatoms. The maximum atomic E-state index is 4.89. The van der Waals surface area contributed by atoms with Gasteiger partial charge in [-0.15, -0.1) is 0 Å². The van der Waals surface area contributed by atoms with Crippen LogP contribution in [0, 0.1) is 0 Å². The minimum atomic E-state index is 0.707. The van der Waals surface area contributed by atoms with Crippen LogP contribution in [0.5, 0.6) is 0 Å². The number of hydrogen-bond donors (Lipinski definition) is 3. The lowest BCUT2D eigenvalue weighted by Gasteiger charge is -2.33. The van der Waals surface area contributed by atoms with Crippen LogP contribution in [0.1, 0.15) is 20.3 Å². The highest BCUT2D eigenvalue weighted by Gasteiger charge is 2.18. The quantitative estimate of drug-likeness (QED) is 0.343. The maximum absolute atomic E-state index is 4.89. The molecule has 0 aliphatic carbocycles. The molecule has 3 N–H and O–H groups in total. The molecule has 1 fully saturated rings. The molecule has 2 aromatic rings. The molecule has 1 aliphatic rings. The number of benzene rings is 1. The Hall–Kier alpha value is -2.97. The van der Waals surface area contributed by atoms with Crippen molar-refractivity contribution in [3.8, 4) is 0 Å². The SMILES string of the molecule is C=C(C)/C=C(\NC)Nc1cc(N2CCN(C)CC2)nc(Sc2ccc(NC(=C)CC)cc2)n1. The summed E-state index contributed by atoms with van der Waals surface area (Å²) >= 11 is 1.56. The van der Waals surface area contributed by atoms with Crippen molar-refractivity contribution < 1.29 is 0 Å². The van der Waals surface area contributed by atoms with Gasteiger partial charge in [0.25, 0.3) is 0 Å². The molecule has 2 heterocycles. The van der Waals surface area contributed by atoms with Crippen LogP contribution in [0.25, 0.3) is 0 Å². The molecular formula is C25H35N7S. The normalized spacial score (nSPS) is 14.7. The first-order chi connectivity index (χ1) is 15.9. The number of hydrogen-bond acceptors (Lipinski definition) is 8. The fraction of sp³-hybridized carbons (Fsp3) is 0.360. The van der Waals surface area contributed by atoms with E-state index >= 15 is 0 Å². The molecule has 1 saturated heterocycles. The van der Waals surface area contributed by atoms with E-state index in [0.717, 1.165) is 71.9 Å². The second-order valence-corrected chi connectivity index (χ2v) is 9.21. The standard InChI is InChI=1S/C25H35N7S/c1-7-19(4)27-20-8-10-21(11-9-20)33-25-29-23(28-22(26-5)16-18(2)3)17-24(30-25)32-14-12-31(6)13-15-32/h8-11,16-17,26-27H,2,4,7,12-15H2,1,3,5-6H3,(H,28,29,30)/b22-16+. The van der Waals surface area contributed by atoms with Crippen molar-refractivity contribution in [2.75, 3.05) is 55.8 Å². The van der Waals surface area contributed by atoms with Crippen molar-refractivity contribution in [1.29, 1.82) is 0 Å². The summed E-state index contributed by atoms with van der Waals surface area (Å²) in [6.07, 6.45) is 2.86. The van der Waals surface area contributed by atoms with Gasteiger partial charge in [-0.05, 0) is 62.5 Å². The first kappa shape index (κ1) is 24.7. The highest BCUT2D eigenvalue weighted by molar-refractivity contribution is 7.99. The van der Waals surface area contributed by atoms with Gasteiger partial charge in [0.1, 0.15) is 17.5 Å². The predicted octanol–water partition coefficient (Wildman–Crippen LogP) is 4.76. The summed E-state index contributed by atoms with van der Waals surface area (Å²) in [5.74, 6) is 2.53. The zero-order chi connectivity index (χ0) is 23.8. The zero-order valence-corrected chi connectivity index (χ0v) is 20.9. The topological polar surface area (TPSA) is 68.3 Å². The van der Waals surface area contributed by atoms with E-state index in [-0.39, 0.29) is 0 Å². The summed E-state index contributed by atoms with van der Waals surface area (Å²) in [6.45, 7) is 15.9. The van der Waals surface area contributed by atoms with E-state index in [1.165, 1.54) is 0 Å². The number of anilines is 3. The Bertz CT molecular complexity index is 992. The van der Waals surface area contributed by atoms with Crippen molar-refractivity contribution in [1.82, 2.24) is 20.2 Å². The van der Waals surface area contributed by atoms with E-state index in [0.29, 0.717) is 5.16 Å². The van der Waals surface area contributed by atoms with Crippen molar-refractivity contribution in [2.24, 2.45) is 0 Å². The molecule has 3 rings (SSSR count). The molecule has 0 unspecified atom stereocenters. The predicted molar refractivity (Wildman–Crippen MR) is 141 cm³/mol. The van der Waals surface area contributed by atoms with Gasteiger partial charge in [0.05, 0.1) is 0 Å². The van der Waals surface area contributed by atoms with Crippen LogP contribution in [0.2, 0.25) is 0 Å². The molecule has 7 nitrogen and oxygen atoms in total. The number of nitrogens with zero attached hydrogens (tertiary/aromatic N) is 4. The van der Waals surface area contributed by atoms with Crippen molar-refractivity contribution in [2.45, 2.75) is 30.3 Å². The van der Waals surface area contributed by atoms with Crippen LogP contribution in [-0.2, 0) is 0 Å². The monoisotopic (exact) mass is 465 g/mol. The van der Waals surface area contributed by atoms with Crippen LogP contribution < -0.4 is 20.9 Å². The Morgan fingerprint density at radius 1 is 1.09 bits per heavy atom. The van der Waals surface area contributed by atoms with Gasteiger partial charge in [0.15, 0.2) is 5.16 Å². The second-order valence-electron chi connectivity index (χ2n) is 8.17. The van der Waals surface area contributed by atoms with Crippen LogP contribution in [-0.4, -0.2) is 55.1 Å². The largest absolute Gasteiger partial charge is 0.375 e. The molecule has 0 radical (unpaired) electrons. The number of aromatic nitrogens is 2. The molecule has 0 saturated carbocycles. The third-order valence-electron chi connectivity index (χ3n) is 5.25. The molecular weight excluding hydrogens is 430 g/mol. The Morgan fingerprint density at radius 3 is 2.39 bits per heavy atom. The molecule has 176 valence electrons. The number of piperazine rings is 1. The van der Waals surface area contributed by atoms with E-state index in [1.807, 2.05) is 26.1 Å². The highest BCUT2D eigenvalue weighted by Crippen LogP contribution is 2.30. The van der Waals surface area contributed by atoms with E-state index in [2.05, 4.69) is 77.1 Å². The number of nitrogens with one attached hydrogen (secondary N) is 3. The summed E-state index contributed by atoms with van der Waals surface area (Å²) in [4.78, 5) is 15.4.